The van der Waals surface area contributed by atoms with Crippen LogP contribution < -0.4 is 0 Å². The molecule has 0 N–H and O–H groups in total. The van der Waals surface area contributed by atoms with E-state index in [9.17, 15) is 0 Å². The van der Waals surface area contributed by atoms with Crippen LogP contribution in [0.4, 0.5) is 0 Å². The summed E-state index contributed by atoms with van der Waals surface area (Å²) in [5, 5.41) is 9.32. The summed E-state index contributed by atoms with van der Waals surface area (Å²) in [6.45, 7) is 5.72. The molecule has 0 aliphatic carbocycles. The molecular weight excluding hydrogens is 306 g/mol. The zero-order valence-corrected chi connectivity index (χ0v) is 13.5. The molecule has 0 saturated heterocycles. The summed E-state index contributed by atoms with van der Waals surface area (Å²) in [4.78, 5) is 0. The van der Waals surface area contributed by atoms with Crippen molar-refractivity contribution in [3.8, 4) is 0 Å². The van der Waals surface area contributed by atoms with E-state index in [-0.39, 0.29) is 0 Å². The van der Waals surface area contributed by atoms with Gasteiger partial charge < -0.3 is 4.42 Å². The summed E-state index contributed by atoms with van der Waals surface area (Å²) in [5.74, 6) is 1.75. The highest BCUT2D eigenvalue weighted by atomic mass is 32.2. The molecular formula is C18H15N3OS. The van der Waals surface area contributed by atoms with Gasteiger partial charge in [-0.15, -0.1) is 10.2 Å². The van der Waals surface area contributed by atoms with Crippen LogP contribution in [-0.4, -0.2) is 14.6 Å². The molecule has 0 aliphatic heterocycles. The van der Waals surface area contributed by atoms with Crippen LogP contribution in [0.3, 0.4) is 0 Å². The SMILES string of the molecule is C=Cc1ccc(CSc2nncn3c2cc2oc(C)cc23)cc1. The van der Waals surface area contributed by atoms with E-state index < -0.39 is 0 Å². The molecule has 0 atom stereocenters. The van der Waals surface area contributed by atoms with Crippen molar-refractivity contribution in [1.82, 2.24) is 14.6 Å². The topological polar surface area (TPSA) is 43.3 Å². The lowest BCUT2D eigenvalue weighted by molar-refractivity contribution is 0.579. The Morgan fingerprint density at radius 1 is 1.22 bits per heavy atom. The predicted molar refractivity (Wildman–Crippen MR) is 93.6 cm³/mol. The molecule has 0 spiro atoms. The largest absolute Gasteiger partial charge is 0.460 e. The molecule has 0 fully saturated rings. The number of thioether (sulfide) groups is 1. The van der Waals surface area contributed by atoms with Crippen LogP contribution in [0.2, 0.25) is 0 Å². The minimum Gasteiger partial charge on any atom is -0.460 e. The maximum atomic E-state index is 5.70. The van der Waals surface area contributed by atoms with Crippen molar-refractivity contribution in [3.63, 3.8) is 0 Å². The van der Waals surface area contributed by atoms with E-state index in [2.05, 4.69) is 41.0 Å². The van der Waals surface area contributed by atoms with Gasteiger partial charge in [0.1, 0.15) is 17.1 Å². The summed E-state index contributed by atoms with van der Waals surface area (Å²) >= 11 is 1.68. The highest BCUT2D eigenvalue weighted by Crippen LogP contribution is 2.30. The Morgan fingerprint density at radius 3 is 2.83 bits per heavy atom. The standard InChI is InChI=1S/C18H15N3OS/c1-3-13-4-6-14(7-5-13)10-23-18-16-9-17-15(8-12(2)22-17)21(16)11-19-20-18/h3-9,11H,1,10H2,2H3. The second-order valence-electron chi connectivity index (χ2n) is 5.38. The van der Waals surface area contributed by atoms with Gasteiger partial charge in [-0.05, 0) is 18.1 Å². The van der Waals surface area contributed by atoms with Crippen molar-refractivity contribution in [2.45, 2.75) is 17.7 Å². The summed E-state index contributed by atoms with van der Waals surface area (Å²) in [6, 6.07) is 12.4. The van der Waals surface area contributed by atoms with E-state index in [0.717, 1.165) is 38.7 Å². The summed E-state index contributed by atoms with van der Waals surface area (Å²) in [7, 11) is 0. The van der Waals surface area contributed by atoms with Gasteiger partial charge in [-0.25, -0.2) is 0 Å². The Labute approximate surface area is 137 Å². The highest BCUT2D eigenvalue weighted by Gasteiger charge is 2.12. The van der Waals surface area contributed by atoms with Gasteiger partial charge in [-0.3, -0.25) is 4.40 Å². The molecule has 1 aromatic carbocycles. The number of rotatable bonds is 4. The third-order valence-corrected chi connectivity index (χ3v) is 4.82. The molecule has 23 heavy (non-hydrogen) atoms. The number of furan rings is 1. The molecule has 3 aromatic heterocycles. The third-order valence-electron chi connectivity index (χ3n) is 3.78. The Morgan fingerprint density at radius 2 is 2.04 bits per heavy atom. The average molecular weight is 321 g/mol. The third kappa shape index (κ3) is 2.53. The Balaban J connectivity index is 1.65. The van der Waals surface area contributed by atoms with E-state index in [1.54, 1.807) is 18.1 Å². The molecule has 0 radical (unpaired) electrons. The molecule has 4 aromatic rings. The van der Waals surface area contributed by atoms with E-state index >= 15 is 0 Å². The van der Waals surface area contributed by atoms with Crippen LogP contribution in [0.1, 0.15) is 16.9 Å². The van der Waals surface area contributed by atoms with Gasteiger partial charge in [0.05, 0.1) is 11.0 Å². The number of benzene rings is 1. The first-order valence-corrected chi connectivity index (χ1v) is 8.30. The highest BCUT2D eigenvalue weighted by molar-refractivity contribution is 7.98. The lowest BCUT2D eigenvalue weighted by Crippen LogP contribution is -1.93. The zero-order valence-electron chi connectivity index (χ0n) is 12.7. The number of fused-ring (bicyclic) bond motifs is 3. The van der Waals surface area contributed by atoms with Gasteiger partial charge in [-0.1, -0.05) is 48.7 Å². The molecule has 0 aliphatic rings. The number of aryl methyl sites for hydroxylation is 1. The van der Waals surface area contributed by atoms with Gasteiger partial charge in [0.2, 0.25) is 0 Å². The van der Waals surface area contributed by atoms with Gasteiger partial charge >= 0.3 is 0 Å². The quantitative estimate of drug-likeness (QED) is 0.510. The van der Waals surface area contributed by atoms with Crippen molar-refractivity contribution >= 4 is 34.5 Å². The smallest absolute Gasteiger partial charge is 0.153 e. The van der Waals surface area contributed by atoms with Crippen molar-refractivity contribution in [1.29, 1.82) is 0 Å². The fraction of sp³-hybridized carbons (Fsp3) is 0.111. The molecule has 114 valence electrons. The number of nitrogens with zero attached hydrogens (tertiary/aromatic N) is 3. The average Bonchev–Trinajstić information content (AvgIpc) is 3.10. The van der Waals surface area contributed by atoms with E-state index in [4.69, 9.17) is 4.42 Å². The molecule has 5 heteroatoms. The van der Waals surface area contributed by atoms with Gasteiger partial charge in [0, 0.05) is 17.9 Å². The molecule has 0 unspecified atom stereocenters. The lowest BCUT2D eigenvalue weighted by Gasteiger charge is -2.03. The molecule has 4 rings (SSSR count). The van der Waals surface area contributed by atoms with E-state index in [0.29, 0.717) is 0 Å². The summed E-state index contributed by atoms with van der Waals surface area (Å²) in [6.07, 6.45) is 3.58. The number of aromatic nitrogens is 3. The molecule has 3 heterocycles. The van der Waals surface area contributed by atoms with Gasteiger partial charge in [-0.2, -0.15) is 0 Å². The van der Waals surface area contributed by atoms with Crippen molar-refractivity contribution in [3.05, 3.63) is 66.2 Å². The fourth-order valence-electron chi connectivity index (χ4n) is 2.61. The minimum atomic E-state index is 0.845. The Hall–Kier alpha value is -2.53. The number of hydrogen-bond donors (Lipinski definition) is 0. The first kappa shape index (κ1) is 14.1. The lowest BCUT2D eigenvalue weighted by atomic mass is 10.1. The first-order chi connectivity index (χ1) is 11.2. The van der Waals surface area contributed by atoms with Crippen LogP contribution in [0.5, 0.6) is 0 Å². The van der Waals surface area contributed by atoms with Crippen LogP contribution in [0.25, 0.3) is 22.7 Å². The van der Waals surface area contributed by atoms with Crippen LogP contribution in [0, 0.1) is 6.92 Å². The summed E-state index contributed by atoms with van der Waals surface area (Å²) in [5.41, 5.74) is 5.30. The second-order valence-corrected chi connectivity index (χ2v) is 6.34. The molecule has 0 amide bonds. The van der Waals surface area contributed by atoms with Crippen LogP contribution >= 0.6 is 11.8 Å². The Bertz CT molecular complexity index is 998. The van der Waals surface area contributed by atoms with Crippen molar-refractivity contribution in [2.24, 2.45) is 0 Å². The second kappa shape index (κ2) is 5.59. The van der Waals surface area contributed by atoms with E-state index in [1.165, 1.54) is 5.56 Å². The monoisotopic (exact) mass is 321 g/mol. The van der Waals surface area contributed by atoms with Crippen LogP contribution in [-0.2, 0) is 5.75 Å². The van der Waals surface area contributed by atoms with Gasteiger partial charge in [0.15, 0.2) is 5.58 Å². The predicted octanol–water partition coefficient (Wildman–Crippen LogP) is 4.72. The fourth-order valence-corrected chi connectivity index (χ4v) is 3.51. The molecule has 4 nitrogen and oxygen atoms in total. The normalized spacial score (nSPS) is 11.3. The molecule has 0 bridgehead atoms. The van der Waals surface area contributed by atoms with Crippen molar-refractivity contribution in [2.75, 3.05) is 0 Å². The van der Waals surface area contributed by atoms with Crippen molar-refractivity contribution < 1.29 is 4.42 Å². The van der Waals surface area contributed by atoms with Crippen LogP contribution in [0.15, 0.2) is 58.7 Å². The van der Waals surface area contributed by atoms with Gasteiger partial charge in [0.25, 0.3) is 0 Å². The number of hydrogen-bond acceptors (Lipinski definition) is 4. The molecule has 0 saturated carbocycles. The van der Waals surface area contributed by atoms with E-state index in [1.807, 2.05) is 29.5 Å². The zero-order chi connectivity index (χ0) is 15.8. The summed E-state index contributed by atoms with van der Waals surface area (Å²) < 4.78 is 7.73. The maximum absolute atomic E-state index is 5.70. The maximum Gasteiger partial charge on any atom is 0.153 e. The first-order valence-electron chi connectivity index (χ1n) is 7.31. The minimum absolute atomic E-state index is 0.845. The Kier molecular flexibility index (Phi) is 3.42.